The van der Waals surface area contributed by atoms with Crippen LogP contribution < -0.4 is 10.2 Å². The third kappa shape index (κ3) is 5.21. The molecule has 9 nitrogen and oxygen atoms in total. The summed E-state index contributed by atoms with van der Waals surface area (Å²) in [6.45, 7) is 3.55. The quantitative estimate of drug-likeness (QED) is 0.344. The Kier molecular flexibility index (Phi) is 7.79. The maximum Gasteiger partial charge on any atom is 0.264 e. The van der Waals surface area contributed by atoms with Gasteiger partial charge in [0.15, 0.2) is 0 Å². The number of ether oxygens (including phenoxy) is 2. The van der Waals surface area contributed by atoms with E-state index in [-0.39, 0.29) is 24.7 Å². The predicted molar refractivity (Wildman–Crippen MR) is 99.0 cm³/mol. The van der Waals surface area contributed by atoms with E-state index in [4.69, 9.17) is 14.7 Å². The van der Waals surface area contributed by atoms with E-state index in [1.165, 1.54) is 29.7 Å². The second kappa shape index (κ2) is 9.86. The first-order valence-electron chi connectivity index (χ1n) is 8.78. The van der Waals surface area contributed by atoms with Crippen LogP contribution in [0.2, 0.25) is 0 Å². The van der Waals surface area contributed by atoms with Gasteiger partial charge in [-0.05, 0) is 37.6 Å². The van der Waals surface area contributed by atoms with Gasteiger partial charge in [-0.15, -0.1) is 0 Å². The van der Waals surface area contributed by atoms with Crippen molar-refractivity contribution in [1.82, 2.24) is 9.79 Å². The Balaban J connectivity index is 2.14. The smallest absolute Gasteiger partial charge is 0.264 e. The van der Waals surface area contributed by atoms with Crippen LogP contribution in [0.5, 0.6) is 5.75 Å². The highest BCUT2D eigenvalue weighted by Crippen LogP contribution is 2.25. The topological polar surface area (TPSA) is 125 Å². The number of aliphatic hydroxyl groups is 1. The first-order valence-corrected chi connectivity index (χ1v) is 10.2. The van der Waals surface area contributed by atoms with Crippen LogP contribution >= 0.6 is 0 Å². The van der Waals surface area contributed by atoms with Gasteiger partial charge in [-0.25, -0.2) is 13.9 Å². The van der Waals surface area contributed by atoms with Crippen molar-refractivity contribution in [3.05, 3.63) is 24.3 Å². The molecular formula is C18H24N2O7S. The molecule has 1 aliphatic rings. The van der Waals surface area contributed by atoms with E-state index in [1.807, 2.05) is 6.92 Å². The minimum atomic E-state index is -3.99. The summed E-state index contributed by atoms with van der Waals surface area (Å²) in [5, 5.41) is 18.3. The number of nitrogens with zero attached hydrogens (tertiary/aromatic N) is 1. The molecule has 3 N–H and O–H groups in total. The van der Waals surface area contributed by atoms with Crippen molar-refractivity contribution in [2.75, 3.05) is 19.8 Å². The molecule has 0 bridgehead atoms. The number of aliphatic hydroxyl groups excluding tert-OH is 1. The van der Waals surface area contributed by atoms with Crippen LogP contribution in [0.1, 0.15) is 20.3 Å². The van der Waals surface area contributed by atoms with E-state index >= 15 is 0 Å². The summed E-state index contributed by atoms with van der Waals surface area (Å²) in [6, 6.07) is 4.52. The lowest BCUT2D eigenvalue weighted by molar-refractivity contribution is -0.142. The highest BCUT2D eigenvalue weighted by molar-refractivity contribution is 7.89. The molecule has 1 amide bonds. The van der Waals surface area contributed by atoms with Crippen molar-refractivity contribution in [3.8, 4) is 17.6 Å². The monoisotopic (exact) mass is 412 g/mol. The minimum Gasteiger partial charge on any atom is -0.481 e. The maximum atomic E-state index is 13.0. The molecule has 0 aliphatic carbocycles. The zero-order valence-corrected chi connectivity index (χ0v) is 16.5. The molecule has 154 valence electrons. The average molecular weight is 412 g/mol. The van der Waals surface area contributed by atoms with Gasteiger partial charge < -0.3 is 14.6 Å². The predicted octanol–water partition coefficient (Wildman–Crippen LogP) is 0.123. The largest absolute Gasteiger partial charge is 0.481 e. The molecule has 3 atom stereocenters. The molecule has 1 aliphatic heterocycles. The first-order chi connectivity index (χ1) is 13.3. The fourth-order valence-corrected chi connectivity index (χ4v) is 4.33. The number of sulfonamides is 1. The Morgan fingerprint density at radius 2 is 2.11 bits per heavy atom. The number of carbonyl (C=O) groups excluding carboxylic acids is 1. The lowest BCUT2D eigenvalue weighted by Crippen LogP contribution is -2.58. The third-order valence-electron chi connectivity index (χ3n) is 4.22. The van der Waals surface area contributed by atoms with E-state index in [0.717, 1.165) is 4.31 Å². The number of morpholine rings is 1. The van der Waals surface area contributed by atoms with Crippen LogP contribution in [0.3, 0.4) is 0 Å². The van der Waals surface area contributed by atoms with Gasteiger partial charge in [-0.3, -0.25) is 10.0 Å². The molecule has 1 saturated heterocycles. The third-order valence-corrected chi connectivity index (χ3v) is 6.12. The Labute approximate surface area is 164 Å². The molecule has 28 heavy (non-hydrogen) atoms. The average Bonchev–Trinajstić information content (AvgIpc) is 2.70. The number of amides is 1. The van der Waals surface area contributed by atoms with E-state index in [0.29, 0.717) is 12.2 Å². The molecular weight excluding hydrogens is 388 g/mol. The molecule has 0 aromatic heterocycles. The lowest BCUT2D eigenvalue weighted by atomic mass is 10.1. The zero-order chi connectivity index (χ0) is 20.7. The number of hydrogen-bond acceptors (Lipinski definition) is 7. The van der Waals surface area contributed by atoms with Crippen LogP contribution in [-0.4, -0.2) is 67.0 Å². The molecule has 1 fully saturated rings. The maximum absolute atomic E-state index is 13.0. The van der Waals surface area contributed by atoms with Crippen molar-refractivity contribution in [1.29, 1.82) is 0 Å². The number of hydroxylamine groups is 1. The standard InChI is InChI=1S/C18H24N2O7S/c1-3-14(21)5-4-11-27-15-6-8-16(9-7-15)28(24,25)20-10-12-26-13(2)17(20)18(22)19-23/h6-9,13-14,17,21,23H,3,10-12H2,1-2H3,(H,19,22). The summed E-state index contributed by atoms with van der Waals surface area (Å²) in [5.41, 5.74) is 1.49. The molecule has 1 aromatic carbocycles. The molecule has 0 spiro atoms. The summed E-state index contributed by atoms with van der Waals surface area (Å²) < 4.78 is 37.7. The summed E-state index contributed by atoms with van der Waals surface area (Å²) in [4.78, 5) is 11.9. The number of nitrogens with one attached hydrogen (secondary N) is 1. The molecule has 10 heteroatoms. The van der Waals surface area contributed by atoms with Crippen molar-refractivity contribution in [3.63, 3.8) is 0 Å². The summed E-state index contributed by atoms with van der Waals surface area (Å²) in [5.74, 6) is 4.85. The Morgan fingerprint density at radius 3 is 2.71 bits per heavy atom. The van der Waals surface area contributed by atoms with E-state index in [1.54, 1.807) is 6.92 Å². The molecule has 1 aromatic rings. The summed E-state index contributed by atoms with van der Waals surface area (Å²) in [7, 11) is -3.99. The Bertz CT molecular complexity index is 830. The molecule has 2 rings (SSSR count). The molecule has 0 radical (unpaired) electrons. The minimum absolute atomic E-state index is 0.0155. The second-order valence-corrected chi connectivity index (χ2v) is 8.01. The van der Waals surface area contributed by atoms with Crippen LogP contribution in [0.15, 0.2) is 29.2 Å². The van der Waals surface area contributed by atoms with Crippen molar-refractivity contribution in [2.45, 2.75) is 43.4 Å². The van der Waals surface area contributed by atoms with Crippen molar-refractivity contribution in [2.24, 2.45) is 0 Å². The van der Waals surface area contributed by atoms with Crippen LogP contribution in [0, 0.1) is 11.8 Å². The number of carbonyl (C=O) groups is 1. The zero-order valence-electron chi connectivity index (χ0n) is 15.7. The van der Waals surface area contributed by atoms with Gasteiger partial charge in [0.1, 0.15) is 24.5 Å². The summed E-state index contributed by atoms with van der Waals surface area (Å²) in [6.07, 6.45) is -0.888. The van der Waals surface area contributed by atoms with E-state index < -0.39 is 34.2 Å². The van der Waals surface area contributed by atoms with Crippen LogP contribution in [0.25, 0.3) is 0 Å². The van der Waals surface area contributed by atoms with Crippen LogP contribution in [0.4, 0.5) is 0 Å². The molecule has 0 saturated carbocycles. The van der Waals surface area contributed by atoms with Crippen molar-refractivity contribution < 1.29 is 33.0 Å². The highest BCUT2D eigenvalue weighted by atomic mass is 32.2. The summed E-state index contributed by atoms with van der Waals surface area (Å²) >= 11 is 0. The SMILES string of the molecule is CCC(O)C#CCOc1ccc(S(=O)(=O)N2CCOC(C)C2C(=O)NO)cc1. The number of benzene rings is 1. The van der Waals surface area contributed by atoms with Gasteiger partial charge in [0.2, 0.25) is 10.0 Å². The fraction of sp³-hybridized carbons (Fsp3) is 0.500. The van der Waals surface area contributed by atoms with Gasteiger partial charge in [-0.2, -0.15) is 4.31 Å². The second-order valence-electron chi connectivity index (χ2n) is 6.12. The fourth-order valence-electron chi connectivity index (χ4n) is 2.70. The molecule has 1 heterocycles. The van der Waals surface area contributed by atoms with Gasteiger partial charge in [-0.1, -0.05) is 18.8 Å². The van der Waals surface area contributed by atoms with E-state index in [2.05, 4.69) is 11.8 Å². The molecule has 3 unspecified atom stereocenters. The number of hydrogen-bond donors (Lipinski definition) is 3. The van der Waals surface area contributed by atoms with Gasteiger partial charge in [0.05, 0.1) is 17.6 Å². The van der Waals surface area contributed by atoms with Gasteiger partial charge in [0, 0.05) is 6.54 Å². The van der Waals surface area contributed by atoms with Gasteiger partial charge >= 0.3 is 0 Å². The lowest BCUT2D eigenvalue weighted by Gasteiger charge is -2.37. The number of rotatable bonds is 6. The van der Waals surface area contributed by atoms with E-state index in [9.17, 15) is 18.3 Å². The highest BCUT2D eigenvalue weighted by Gasteiger charge is 2.42. The van der Waals surface area contributed by atoms with Crippen molar-refractivity contribution >= 4 is 15.9 Å². The Morgan fingerprint density at radius 1 is 1.43 bits per heavy atom. The van der Waals surface area contributed by atoms with Gasteiger partial charge in [0.25, 0.3) is 5.91 Å². The Hall–Kier alpha value is -2.16. The van der Waals surface area contributed by atoms with Crippen LogP contribution in [-0.2, 0) is 19.6 Å². The normalized spacial score (nSPS) is 21.3. The first kappa shape index (κ1) is 22.1.